The molecule has 2 aromatic rings. The number of ether oxygens (including phenoxy) is 1. The van der Waals surface area contributed by atoms with Crippen LogP contribution in [-0.4, -0.2) is 83.6 Å². The Kier molecular flexibility index (Phi) is 5.77. The lowest BCUT2D eigenvalue weighted by Gasteiger charge is -2.34. The van der Waals surface area contributed by atoms with Gasteiger partial charge in [0.2, 0.25) is 5.91 Å². The lowest BCUT2D eigenvalue weighted by molar-refractivity contribution is -0.122. The summed E-state index contributed by atoms with van der Waals surface area (Å²) in [5.41, 5.74) is 0.755. The normalized spacial score (nSPS) is 15.7. The van der Waals surface area contributed by atoms with Gasteiger partial charge in [-0.25, -0.2) is 0 Å². The Balaban J connectivity index is 1.47. The van der Waals surface area contributed by atoms with Crippen molar-refractivity contribution in [1.82, 2.24) is 30.0 Å². The van der Waals surface area contributed by atoms with Gasteiger partial charge in [-0.1, -0.05) is 0 Å². The minimum atomic E-state index is 0.0733. The van der Waals surface area contributed by atoms with Crippen molar-refractivity contribution in [2.75, 3.05) is 57.9 Å². The van der Waals surface area contributed by atoms with Crippen molar-refractivity contribution in [2.45, 2.75) is 13.3 Å². The second kappa shape index (κ2) is 8.21. The molecule has 1 fully saturated rings. The Bertz CT molecular complexity index is 710. The molecule has 0 bridgehead atoms. The summed E-state index contributed by atoms with van der Waals surface area (Å²) in [5.74, 6) is 1.77. The molecule has 1 saturated heterocycles. The first kappa shape index (κ1) is 17.6. The molecule has 0 spiro atoms. The molecule has 0 atom stereocenters. The molecule has 0 unspecified atom stereocenters. The number of hydrogen-bond acceptors (Lipinski definition) is 7. The summed E-state index contributed by atoms with van der Waals surface area (Å²) in [4.78, 5) is 16.3. The van der Waals surface area contributed by atoms with E-state index in [1.165, 1.54) is 0 Å². The van der Waals surface area contributed by atoms with Gasteiger partial charge in [0.1, 0.15) is 5.82 Å². The molecule has 9 nitrogen and oxygen atoms in total. The zero-order chi connectivity index (χ0) is 17.6. The maximum atomic E-state index is 11.9. The molecule has 0 saturated carbocycles. The van der Waals surface area contributed by atoms with Crippen LogP contribution < -0.4 is 10.2 Å². The molecule has 0 aromatic carbocycles. The van der Waals surface area contributed by atoms with Crippen LogP contribution in [0.1, 0.15) is 12.2 Å². The summed E-state index contributed by atoms with van der Waals surface area (Å²) in [6, 6.07) is 3.91. The maximum Gasteiger partial charge on any atom is 0.234 e. The van der Waals surface area contributed by atoms with Crippen LogP contribution in [0.3, 0.4) is 0 Å². The van der Waals surface area contributed by atoms with Crippen molar-refractivity contribution in [3.8, 4) is 0 Å². The van der Waals surface area contributed by atoms with Crippen LogP contribution in [0.25, 0.3) is 5.65 Å². The number of carbonyl (C=O) groups is 1. The van der Waals surface area contributed by atoms with Gasteiger partial charge in [0.25, 0.3) is 0 Å². The van der Waals surface area contributed by atoms with Gasteiger partial charge in [0, 0.05) is 46.4 Å². The summed E-state index contributed by atoms with van der Waals surface area (Å²) >= 11 is 0. The minimum absolute atomic E-state index is 0.0733. The minimum Gasteiger partial charge on any atom is -0.385 e. The van der Waals surface area contributed by atoms with Gasteiger partial charge < -0.3 is 15.0 Å². The zero-order valence-corrected chi connectivity index (χ0v) is 14.8. The predicted molar refractivity (Wildman–Crippen MR) is 93.7 cm³/mol. The molecular weight excluding hydrogens is 322 g/mol. The van der Waals surface area contributed by atoms with E-state index in [9.17, 15) is 4.79 Å². The summed E-state index contributed by atoms with van der Waals surface area (Å²) in [6.45, 7) is 7.03. The molecule has 0 radical (unpaired) electrons. The van der Waals surface area contributed by atoms with Crippen molar-refractivity contribution in [1.29, 1.82) is 0 Å². The highest BCUT2D eigenvalue weighted by molar-refractivity contribution is 5.78. The van der Waals surface area contributed by atoms with E-state index in [2.05, 4.69) is 30.4 Å². The van der Waals surface area contributed by atoms with E-state index in [0.29, 0.717) is 19.7 Å². The number of rotatable bonds is 7. The number of aryl methyl sites for hydroxylation is 1. The average molecular weight is 347 g/mol. The molecule has 0 aliphatic carbocycles. The molecule has 3 rings (SSSR count). The van der Waals surface area contributed by atoms with Gasteiger partial charge in [-0.3, -0.25) is 9.69 Å². The summed E-state index contributed by atoms with van der Waals surface area (Å²) in [6.07, 6.45) is 0.840. The first-order chi connectivity index (χ1) is 12.2. The number of methoxy groups -OCH3 is 1. The molecule has 136 valence electrons. The van der Waals surface area contributed by atoms with Crippen LogP contribution >= 0.6 is 0 Å². The number of aromatic nitrogens is 4. The number of anilines is 1. The third-order valence-corrected chi connectivity index (χ3v) is 4.32. The number of nitrogens with zero attached hydrogens (tertiary/aromatic N) is 6. The number of fused-ring (bicyclic) bond motifs is 1. The predicted octanol–water partition coefficient (Wildman–Crippen LogP) is -0.293. The molecule has 3 heterocycles. The lowest BCUT2D eigenvalue weighted by atomic mass is 10.3. The zero-order valence-electron chi connectivity index (χ0n) is 14.8. The lowest BCUT2D eigenvalue weighted by Crippen LogP contribution is -2.49. The first-order valence-electron chi connectivity index (χ1n) is 8.59. The van der Waals surface area contributed by atoms with E-state index in [4.69, 9.17) is 4.74 Å². The van der Waals surface area contributed by atoms with Crippen LogP contribution in [0.4, 0.5) is 5.82 Å². The highest BCUT2D eigenvalue weighted by atomic mass is 16.5. The fourth-order valence-corrected chi connectivity index (χ4v) is 2.89. The largest absolute Gasteiger partial charge is 0.385 e. The number of nitrogens with one attached hydrogen (secondary N) is 1. The topological polar surface area (TPSA) is 87.9 Å². The number of hydrogen-bond donors (Lipinski definition) is 1. The van der Waals surface area contributed by atoms with Crippen molar-refractivity contribution < 1.29 is 9.53 Å². The average Bonchev–Trinajstić information content (AvgIpc) is 3.00. The molecule has 1 aliphatic heterocycles. The van der Waals surface area contributed by atoms with Crippen molar-refractivity contribution in [3.05, 3.63) is 18.0 Å². The summed E-state index contributed by atoms with van der Waals surface area (Å²) < 4.78 is 6.73. The summed E-state index contributed by atoms with van der Waals surface area (Å²) in [5, 5.41) is 15.6. The Morgan fingerprint density at radius 3 is 2.80 bits per heavy atom. The number of amides is 1. The van der Waals surface area contributed by atoms with E-state index in [1.807, 2.05) is 19.1 Å². The Hall–Kier alpha value is -2.26. The van der Waals surface area contributed by atoms with Gasteiger partial charge in [-0.15, -0.1) is 15.3 Å². The number of carbonyl (C=O) groups excluding carboxylic acids is 1. The summed E-state index contributed by atoms with van der Waals surface area (Å²) in [7, 11) is 1.67. The van der Waals surface area contributed by atoms with E-state index in [1.54, 1.807) is 11.6 Å². The molecule has 1 N–H and O–H groups in total. The SMILES string of the molecule is COCCCNC(=O)CN1CCN(c2ccc3nnc(C)n3n2)CC1. The van der Waals surface area contributed by atoms with E-state index in [-0.39, 0.29) is 5.91 Å². The van der Waals surface area contributed by atoms with Crippen LogP contribution in [0.5, 0.6) is 0 Å². The molecule has 1 amide bonds. The van der Waals surface area contributed by atoms with Gasteiger partial charge in [0.05, 0.1) is 6.54 Å². The highest BCUT2D eigenvalue weighted by Gasteiger charge is 2.20. The molecule has 25 heavy (non-hydrogen) atoms. The van der Waals surface area contributed by atoms with Crippen LogP contribution in [0.15, 0.2) is 12.1 Å². The van der Waals surface area contributed by atoms with Crippen LogP contribution in [0.2, 0.25) is 0 Å². The Morgan fingerprint density at radius 2 is 2.04 bits per heavy atom. The fourth-order valence-electron chi connectivity index (χ4n) is 2.89. The van der Waals surface area contributed by atoms with Crippen molar-refractivity contribution >= 4 is 17.4 Å². The molecule has 9 heteroatoms. The van der Waals surface area contributed by atoms with Crippen LogP contribution in [-0.2, 0) is 9.53 Å². The van der Waals surface area contributed by atoms with E-state index >= 15 is 0 Å². The third kappa shape index (κ3) is 4.43. The van der Waals surface area contributed by atoms with Gasteiger partial charge in [-0.2, -0.15) is 4.52 Å². The molecular formula is C16H25N7O2. The maximum absolute atomic E-state index is 11.9. The quantitative estimate of drug-likeness (QED) is 0.689. The van der Waals surface area contributed by atoms with Gasteiger partial charge >= 0.3 is 0 Å². The van der Waals surface area contributed by atoms with E-state index < -0.39 is 0 Å². The molecule has 1 aliphatic rings. The third-order valence-electron chi connectivity index (χ3n) is 4.32. The fraction of sp³-hybridized carbons (Fsp3) is 0.625. The van der Waals surface area contributed by atoms with Gasteiger partial charge in [0.15, 0.2) is 11.5 Å². The van der Waals surface area contributed by atoms with Crippen LogP contribution in [0, 0.1) is 6.92 Å². The smallest absolute Gasteiger partial charge is 0.234 e. The van der Waals surface area contributed by atoms with Crippen molar-refractivity contribution in [2.24, 2.45) is 0 Å². The Labute approximate surface area is 146 Å². The first-order valence-corrected chi connectivity index (χ1v) is 8.59. The monoisotopic (exact) mass is 347 g/mol. The standard InChI is InChI=1S/C16H25N7O2/c1-13-18-19-14-4-5-15(20-23(13)14)22-9-7-21(8-10-22)12-16(24)17-6-3-11-25-2/h4-5H,3,6-12H2,1-2H3,(H,17,24). The van der Waals surface area contributed by atoms with Crippen molar-refractivity contribution in [3.63, 3.8) is 0 Å². The van der Waals surface area contributed by atoms with Gasteiger partial charge in [-0.05, 0) is 25.5 Å². The highest BCUT2D eigenvalue weighted by Crippen LogP contribution is 2.14. The molecule has 2 aromatic heterocycles. The van der Waals surface area contributed by atoms with E-state index in [0.717, 1.165) is 49.9 Å². The second-order valence-electron chi connectivity index (χ2n) is 6.17. The number of piperazine rings is 1. The Morgan fingerprint density at radius 1 is 1.24 bits per heavy atom. The second-order valence-corrected chi connectivity index (χ2v) is 6.17.